The van der Waals surface area contributed by atoms with E-state index in [9.17, 15) is 22.8 Å². The minimum Gasteiger partial charge on any atom is -0.395 e. The van der Waals surface area contributed by atoms with Crippen LogP contribution in [-0.2, 0) is 9.59 Å². The second-order valence-electron chi connectivity index (χ2n) is 5.28. The summed E-state index contributed by atoms with van der Waals surface area (Å²) in [4.78, 5) is 25.2. The molecule has 0 spiro atoms. The molecule has 1 fully saturated rings. The molecule has 1 saturated heterocycles. The molecule has 1 atom stereocenters. The third-order valence-corrected chi connectivity index (χ3v) is 3.55. The summed E-state index contributed by atoms with van der Waals surface area (Å²) in [6, 6.07) is 6.89. The molecule has 0 bridgehead atoms. The van der Waals surface area contributed by atoms with Gasteiger partial charge in [0.05, 0.1) is 0 Å². The maximum absolute atomic E-state index is 12.2. The quantitative estimate of drug-likeness (QED) is 0.827. The third-order valence-electron chi connectivity index (χ3n) is 3.55. The lowest BCUT2D eigenvalue weighted by atomic mass is 10.0. The number of nitrogens with one attached hydrogen (secondary N) is 1. The zero-order valence-corrected chi connectivity index (χ0v) is 12.4. The van der Waals surface area contributed by atoms with Gasteiger partial charge in [0.1, 0.15) is 11.7 Å². The van der Waals surface area contributed by atoms with Gasteiger partial charge < -0.3 is 10.6 Å². The zero-order chi connectivity index (χ0) is 17.2. The average molecular weight is 327 g/mol. The summed E-state index contributed by atoms with van der Waals surface area (Å²) < 4.78 is 36.7. The van der Waals surface area contributed by atoms with Crippen molar-refractivity contribution >= 4 is 17.5 Å². The summed E-state index contributed by atoms with van der Waals surface area (Å²) in [6.45, 7) is 2.57. The van der Waals surface area contributed by atoms with Gasteiger partial charge in [0.25, 0.3) is 5.91 Å². The first-order chi connectivity index (χ1) is 10.7. The highest BCUT2D eigenvalue weighted by atomic mass is 19.4. The van der Waals surface area contributed by atoms with Gasteiger partial charge in [-0.2, -0.15) is 13.2 Å². The number of halogens is 3. The number of carbonyl (C=O) groups is 2. The van der Waals surface area contributed by atoms with Crippen molar-refractivity contribution in [3.8, 4) is 0 Å². The number of alkyl halides is 3. The second kappa shape index (κ2) is 6.31. The fourth-order valence-corrected chi connectivity index (χ4v) is 2.17. The number of rotatable bonds is 3. The Labute approximate surface area is 130 Å². The van der Waals surface area contributed by atoms with Gasteiger partial charge >= 0.3 is 6.18 Å². The molecular formula is C15H16F3N3O2. The Balaban J connectivity index is 1.98. The highest BCUT2D eigenvalue weighted by molar-refractivity contribution is 6.04. The Morgan fingerprint density at radius 2 is 1.91 bits per heavy atom. The van der Waals surface area contributed by atoms with Crippen molar-refractivity contribution in [1.29, 1.82) is 0 Å². The lowest BCUT2D eigenvalue weighted by Gasteiger charge is -2.41. The summed E-state index contributed by atoms with van der Waals surface area (Å²) in [7, 11) is 0. The van der Waals surface area contributed by atoms with Crippen LogP contribution in [0.5, 0.6) is 0 Å². The molecule has 0 saturated carbocycles. The SMILES string of the molecule is Cc1ccc(N2CC[C@H]2C(=O)NC(=O)C=C(N)C(F)(F)F)cc1. The van der Waals surface area contributed by atoms with Crippen molar-refractivity contribution < 1.29 is 22.8 Å². The lowest BCUT2D eigenvalue weighted by molar-refractivity contribution is -0.130. The van der Waals surface area contributed by atoms with Gasteiger partial charge in [-0.05, 0) is 25.5 Å². The number of benzene rings is 1. The summed E-state index contributed by atoms with van der Waals surface area (Å²) in [5, 5.41) is 1.92. The molecule has 23 heavy (non-hydrogen) atoms. The van der Waals surface area contributed by atoms with Crippen molar-refractivity contribution in [2.24, 2.45) is 5.73 Å². The minimum absolute atomic E-state index is 0.173. The van der Waals surface area contributed by atoms with Crippen molar-refractivity contribution in [1.82, 2.24) is 5.32 Å². The van der Waals surface area contributed by atoms with Gasteiger partial charge in [-0.15, -0.1) is 0 Å². The van der Waals surface area contributed by atoms with Crippen LogP contribution in [0.1, 0.15) is 12.0 Å². The van der Waals surface area contributed by atoms with E-state index in [-0.39, 0.29) is 6.08 Å². The Kier molecular flexibility index (Phi) is 4.63. The molecule has 1 aliphatic rings. The van der Waals surface area contributed by atoms with Crippen molar-refractivity contribution in [2.45, 2.75) is 25.6 Å². The molecule has 0 aromatic heterocycles. The van der Waals surface area contributed by atoms with E-state index in [1.165, 1.54) is 0 Å². The van der Waals surface area contributed by atoms with Crippen molar-refractivity contribution in [2.75, 3.05) is 11.4 Å². The molecule has 8 heteroatoms. The predicted octanol–water partition coefficient (Wildman–Crippen LogP) is 1.62. The summed E-state index contributed by atoms with van der Waals surface area (Å²) in [5.74, 6) is -1.83. The molecule has 2 amide bonds. The maximum atomic E-state index is 12.2. The Bertz CT molecular complexity index is 638. The van der Waals surface area contributed by atoms with Crippen LogP contribution in [0.15, 0.2) is 36.0 Å². The van der Waals surface area contributed by atoms with Gasteiger partial charge in [0, 0.05) is 18.3 Å². The molecule has 2 rings (SSSR count). The first-order valence-corrected chi connectivity index (χ1v) is 6.91. The van der Waals surface area contributed by atoms with E-state index in [2.05, 4.69) is 0 Å². The van der Waals surface area contributed by atoms with Crippen LogP contribution >= 0.6 is 0 Å². The van der Waals surface area contributed by atoms with Crippen LogP contribution in [-0.4, -0.2) is 30.6 Å². The molecule has 0 radical (unpaired) electrons. The first kappa shape index (κ1) is 16.9. The minimum atomic E-state index is -4.80. The van der Waals surface area contributed by atoms with Crippen LogP contribution < -0.4 is 16.0 Å². The highest BCUT2D eigenvalue weighted by Gasteiger charge is 2.36. The zero-order valence-electron chi connectivity index (χ0n) is 12.4. The smallest absolute Gasteiger partial charge is 0.395 e. The molecule has 1 heterocycles. The number of aryl methyl sites for hydroxylation is 1. The number of anilines is 1. The van der Waals surface area contributed by atoms with Crippen LogP contribution in [0.2, 0.25) is 0 Å². The topological polar surface area (TPSA) is 75.4 Å². The Morgan fingerprint density at radius 1 is 1.30 bits per heavy atom. The third kappa shape index (κ3) is 4.02. The number of imide groups is 1. The van der Waals surface area contributed by atoms with Gasteiger partial charge in [-0.1, -0.05) is 17.7 Å². The molecular weight excluding hydrogens is 311 g/mol. The number of nitrogens with two attached hydrogens (primary N) is 1. The van der Waals surface area contributed by atoms with Crippen LogP contribution in [0.4, 0.5) is 18.9 Å². The molecule has 1 aliphatic heterocycles. The van der Waals surface area contributed by atoms with E-state index in [0.29, 0.717) is 13.0 Å². The van der Waals surface area contributed by atoms with Gasteiger partial charge in [-0.3, -0.25) is 14.9 Å². The van der Waals surface area contributed by atoms with Crippen LogP contribution in [0.25, 0.3) is 0 Å². The number of nitrogens with zero attached hydrogens (tertiary/aromatic N) is 1. The molecule has 0 unspecified atom stereocenters. The van der Waals surface area contributed by atoms with E-state index in [1.54, 1.807) is 4.90 Å². The fraction of sp³-hybridized carbons (Fsp3) is 0.333. The molecule has 124 valence electrons. The monoisotopic (exact) mass is 327 g/mol. The maximum Gasteiger partial charge on any atom is 0.430 e. The van der Waals surface area contributed by atoms with E-state index in [0.717, 1.165) is 11.3 Å². The predicted molar refractivity (Wildman–Crippen MR) is 78.4 cm³/mol. The standard InChI is InChI=1S/C15H16F3N3O2/c1-9-2-4-10(5-3-9)21-7-6-11(21)14(23)20-13(22)8-12(19)15(16,17)18/h2-5,8,11H,6-7,19H2,1H3,(H,20,22,23)/t11-/m0/s1. The van der Waals surface area contributed by atoms with Crippen molar-refractivity contribution in [3.63, 3.8) is 0 Å². The summed E-state index contributed by atoms with van der Waals surface area (Å²) in [5.41, 5.74) is 5.07. The Hall–Kier alpha value is -2.51. The first-order valence-electron chi connectivity index (χ1n) is 6.91. The van der Waals surface area contributed by atoms with Crippen molar-refractivity contribution in [3.05, 3.63) is 41.6 Å². The van der Waals surface area contributed by atoms with Gasteiger partial charge in [0.2, 0.25) is 5.91 Å². The molecule has 1 aromatic rings. The van der Waals surface area contributed by atoms with Crippen LogP contribution in [0, 0.1) is 6.92 Å². The highest BCUT2D eigenvalue weighted by Crippen LogP contribution is 2.27. The number of hydrogen-bond donors (Lipinski definition) is 2. The Morgan fingerprint density at radius 3 is 2.39 bits per heavy atom. The number of hydrogen-bond acceptors (Lipinski definition) is 4. The normalized spacial score (nSPS) is 18.3. The van der Waals surface area contributed by atoms with E-state index in [4.69, 9.17) is 5.73 Å². The largest absolute Gasteiger partial charge is 0.430 e. The molecule has 3 N–H and O–H groups in total. The number of carbonyl (C=O) groups excluding carboxylic acids is 2. The number of allylic oxidation sites excluding steroid dienone is 1. The second-order valence-corrected chi connectivity index (χ2v) is 5.28. The van der Waals surface area contributed by atoms with Crippen LogP contribution in [0.3, 0.4) is 0 Å². The number of amides is 2. The summed E-state index contributed by atoms with van der Waals surface area (Å²) in [6.07, 6.45) is -4.11. The molecule has 0 aliphatic carbocycles. The van der Waals surface area contributed by atoms with E-state index < -0.39 is 29.7 Å². The fourth-order valence-electron chi connectivity index (χ4n) is 2.17. The lowest BCUT2D eigenvalue weighted by Crippen LogP contribution is -2.57. The molecule has 5 nitrogen and oxygen atoms in total. The average Bonchev–Trinajstić information content (AvgIpc) is 2.38. The summed E-state index contributed by atoms with van der Waals surface area (Å²) >= 11 is 0. The molecule has 1 aromatic carbocycles. The van der Waals surface area contributed by atoms with E-state index in [1.807, 2.05) is 36.5 Å². The van der Waals surface area contributed by atoms with Gasteiger partial charge in [0.15, 0.2) is 0 Å². The van der Waals surface area contributed by atoms with Gasteiger partial charge in [-0.25, -0.2) is 0 Å². The van der Waals surface area contributed by atoms with E-state index >= 15 is 0 Å².